The summed E-state index contributed by atoms with van der Waals surface area (Å²) in [7, 11) is 0. The van der Waals surface area contributed by atoms with E-state index >= 15 is 0 Å². The minimum absolute atomic E-state index is 0.0863. The maximum absolute atomic E-state index is 12.7. The first-order valence-electron chi connectivity index (χ1n) is 8.51. The number of aliphatic carboxylic acids is 1. The molecular formula is C19H20N4O4. The third-order valence-electron chi connectivity index (χ3n) is 3.98. The van der Waals surface area contributed by atoms with Gasteiger partial charge in [0.05, 0.1) is 6.20 Å². The molecule has 1 amide bonds. The first-order valence-corrected chi connectivity index (χ1v) is 8.51. The van der Waals surface area contributed by atoms with Crippen molar-refractivity contribution in [2.24, 2.45) is 0 Å². The van der Waals surface area contributed by atoms with Gasteiger partial charge in [-0.1, -0.05) is 35.5 Å². The summed E-state index contributed by atoms with van der Waals surface area (Å²) in [6.45, 7) is 2.15. The van der Waals surface area contributed by atoms with E-state index in [9.17, 15) is 9.59 Å². The zero-order valence-electron chi connectivity index (χ0n) is 14.9. The maximum atomic E-state index is 12.7. The fraction of sp³-hybridized carbons (Fsp3) is 0.263. The van der Waals surface area contributed by atoms with Crippen LogP contribution in [0, 0.1) is 6.92 Å². The van der Waals surface area contributed by atoms with Crippen LogP contribution in [-0.2, 0) is 17.8 Å². The van der Waals surface area contributed by atoms with Crippen molar-refractivity contribution in [3.63, 3.8) is 0 Å². The molecule has 8 heteroatoms. The average molecular weight is 368 g/mol. The maximum Gasteiger partial charge on any atom is 0.323 e. The van der Waals surface area contributed by atoms with Gasteiger partial charge in [0.1, 0.15) is 13.1 Å². The van der Waals surface area contributed by atoms with Gasteiger partial charge in [-0.25, -0.2) is 0 Å². The van der Waals surface area contributed by atoms with E-state index in [1.54, 1.807) is 10.9 Å². The number of nitrogens with zero attached hydrogens (tertiary/aromatic N) is 4. The number of hydrogen-bond donors (Lipinski definition) is 1. The van der Waals surface area contributed by atoms with E-state index in [2.05, 4.69) is 10.3 Å². The molecule has 0 aliphatic carbocycles. The van der Waals surface area contributed by atoms with Crippen LogP contribution in [0.4, 0.5) is 0 Å². The lowest BCUT2D eigenvalue weighted by molar-refractivity contribution is -0.137. The molecule has 3 aromatic rings. The van der Waals surface area contributed by atoms with Crippen molar-refractivity contribution in [3.05, 3.63) is 71.4 Å². The van der Waals surface area contributed by atoms with Crippen LogP contribution in [0.2, 0.25) is 0 Å². The Morgan fingerprint density at radius 3 is 2.70 bits per heavy atom. The van der Waals surface area contributed by atoms with Crippen LogP contribution >= 0.6 is 0 Å². The van der Waals surface area contributed by atoms with Gasteiger partial charge in [-0.2, -0.15) is 5.10 Å². The van der Waals surface area contributed by atoms with Gasteiger partial charge in [0.2, 0.25) is 0 Å². The predicted molar refractivity (Wildman–Crippen MR) is 96.3 cm³/mol. The standard InChI is InChI=1S/C19H20N4O4/c1-14-10-20-23(11-14)12-16-9-17(21-27-16)19(26)22(13-18(24)25)8-7-15-5-3-2-4-6-15/h2-6,9-11H,7-8,12-13H2,1H3,(H,24,25). The van der Waals surface area contributed by atoms with Crippen LogP contribution in [0.5, 0.6) is 0 Å². The van der Waals surface area contributed by atoms with Crippen LogP contribution in [-0.4, -0.2) is 49.9 Å². The lowest BCUT2D eigenvalue weighted by Crippen LogP contribution is -2.37. The summed E-state index contributed by atoms with van der Waals surface area (Å²) in [6, 6.07) is 11.1. The summed E-state index contributed by atoms with van der Waals surface area (Å²) in [5, 5.41) is 17.1. The highest BCUT2D eigenvalue weighted by Gasteiger charge is 2.22. The van der Waals surface area contributed by atoms with Gasteiger partial charge in [-0.05, 0) is 24.5 Å². The molecule has 0 radical (unpaired) electrons. The van der Waals surface area contributed by atoms with E-state index in [4.69, 9.17) is 9.63 Å². The molecule has 0 saturated heterocycles. The molecule has 0 aliphatic heterocycles. The van der Waals surface area contributed by atoms with E-state index < -0.39 is 18.4 Å². The second-order valence-electron chi connectivity index (χ2n) is 6.25. The number of rotatable bonds is 8. The Bertz CT molecular complexity index is 917. The van der Waals surface area contributed by atoms with Crippen molar-refractivity contribution in [2.45, 2.75) is 19.9 Å². The number of carbonyl (C=O) groups excluding carboxylic acids is 1. The van der Waals surface area contributed by atoms with Crippen LogP contribution in [0.3, 0.4) is 0 Å². The van der Waals surface area contributed by atoms with E-state index in [0.29, 0.717) is 18.7 Å². The van der Waals surface area contributed by atoms with Crippen LogP contribution in [0.1, 0.15) is 27.4 Å². The second-order valence-corrected chi connectivity index (χ2v) is 6.25. The molecular weight excluding hydrogens is 348 g/mol. The first kappa shape index (κ1) is 18.4. The van der Waals surface area contributed by atoms with E-state index in [0.717, 1.165) is 11.1 Å². The number of benzene rings is 1. The molecule has 2 aromatic heterocycles. The Labute approximate surface area is 156 Å². The quantitative estimate of drug-likeness (QED) is 0.652. The smallest absolute Gasteiger partial charge is 0.323 e. The molecule has 3 rings (SSSR count). The third-order valence-corrected chi connectivity index (χ3v) is 3.98. The van der Waals surface area contributed by atoms with Crippen molar-refractivity contribution in [2.75, 3.05) is 13.1 Å². The van der Waals surface area contributed by atoms with Gasteiger partial charge >= 0.3 is 5.97 Å². The molecule has 0 fully saturated rings. The largest absolute Gasteiger partial charge is 0.480 e. The number of aromatic nitrogens is 3. The van der Waals surface area contributed by atoms with Crippen molar-refractivity contribution >= 4 is 11.9 Å². The molecule has 140 valence electrons. The van der Waals surface area contributed by atoms with Crippen molar-refractivity contribution in [1.82, 2.24) is 19.8 Å². The van der Waals surface area contributed by atoms with Gasteiger partial charge in [-0.3, -0.25) is 14.3 Å². The van der Waals surface area contributed by atoms with E-state index in [-0.39, 0.29) is 12.2 Å². The topological polar surface area (TPSA) is 101 Å². The molecule has 0 bridgehead atoms. The Morgan fingerprint density at radius 2 is 2.04 bits per heavy atom. The summed E-state index contributed by atoms with van der Waals surface area (Å²) in [5.41, 5.74) is 2.12. The van der Waals surface area contributed by atoms with Gasteiger partial charge in [-0.15, -0.1) is 0 Å². The Morgan fingerprint density at radius 1 is 1.26 bits per heavy atom. The number of carboxylic acids is 1. The monoisotopic (exact) mass is 368 g/mol. The molecule has 0 unspecified atom stereocenters. The molecule has 8 nitrogen and oxygen atoms in total. The Kier molecular flexibility index (Phi) is 5.65. The molecule has 1 N–H and O–H groups in total. The second kappa shape index (κ2) is 8.31. The van der Waals surface area contributed by atoms with Crippen LogP contribution in [0.25, 0.3) is 0 Å². The summed E-state index contributed by atoms with van der Waals surface area (Å²) < 4.78 is 6.89. The van der Waals surface area contributed by atoms with Gasteiger partial charge in [0, 0.05) is 18.8 Å². The molecule has 1 aromatic carbocycles. The average Bonchev–Trinajstić information content (AvgIpc) is 3.28. The predicted octanol–water partition coefficient (Wildman–Crippen LogP) is 2.00. The first-order chi connectivity index (χ1) is 13.0. The number of amides is 1. The molecule has 0 saturated carbocycles. The summed E-state index contributed by atoms with van der Waals surface area (Å²) >= 11 is 0. The highest BCUT2D eigenvalue weighted by atomic mass is 16.5. The number of hydrogen-bond acceptors (Lipinski definition) is 5. The fourth-order valence-corrected chi connectivity index (χ4v) is 2.69. The number of carbonyl (C=O) groups is 2. The minimum Gasteiger partial charge on any atom is -0.480 e. The summed E-state index contributed by atoms with van der Waals surface area (Å²) in [4.78, 5) is 25.1. The molecule has 0 spiro atoms. The minimum atomic E-state index is -1.08. The molecule has 27 heavy (non-hydrogen) atoms. The zero-order valence-corrected chi connectivity index (χ0v) is 14.9. The summed E-state index contributed by atoms with van der Waals surface area (Å²) in [6.07, 6.45) is 4.12. The number of aryl methyl sites for hydroxylation is 1. The van der Waals surface area contributed by atoms with Crippen molar-refractivity contribution in [3.8, 4) is 0 Å². The van der Waals surface area contributed by atoms with Crippen LogP contribution in [0.15, 0.2) is 53.3 Å². The van der Waals surface area contributed by atoms with Gasteiger partial charge in [0.25, 0.3) is 5.91 Å². The fourth-order valence-electron chi connectivity index (χ4n) is 2.69. The number of carboxylic acid groups (broad SMARTS) is 1. The lowest BCUT2D eigenvalue weighted by Gasteiger charge is -2.19. The molecule has 0 atom stereocenters. The van der Waals surface area contributed by atoms with Gasteiger partial charge in [0.15, 0.2) is 11.5 Å². The normalized spacial score (nSPS) is 10.7. The lowest BCUT2D eigenvalue weighted by atomic mass is 10.1. The summed E-state index contributed by atoms with van der Waals surface area (Å²) in [5.74, 6) is -1.08. The third kappa shape index (κ3) is 5.04. The highest BCUT2D eigenvalue weighted by Crippen LogP contribution is 2.10. The Hall–Kier alpha value is -3.42. The van der Waals surface area contributed by atoms with Crippen molar-refractivity contribution in [1.29, 1.82) is 0 Å². The molecule has 0 aliphatic rings. The van der Waals surface area contributed by atoms with E-state index in [1.807, 2.05) is 43.5 Å². The van der Waals surface area contributed by atoms with Gasteiger partial charge < -0.3 is 14.5 Å². The van der Waals surface area contributed by atoms with E-state index in [1.165, 1.54) is 11.0 Å². The zero-order chi connectivity index (χ0) is 19.2. The SMILES string of the molecule is Cc1cnn(Cc2cc(C(=O)N(CCc3ccccc3)CC(=O)O)no2)c1. The Balaban J connectivity index is 1.68. The van der Waals surface area contributed by atoms with Crippen LogP contribution < -0.4 is 0 Å². The van der Waals surface area contributed by atoms with Crippen molar-refractivity contribution < 1.29 is 19.2 Å². The highest BCUT2D eigenvalue weighted by molar-refractivity contribution is 5.94. The molecule has 2 heterocycles.